The molecule has 3 heterocycles. The van der Waals surface area contributed by atoms with E-state index in [1.807, 2.05) is 12.4 Å². The summed E-state index contributed by atoms with van der Waals surface area (Å²) < 4.78 is 2.13. The Morgan fingerprint density at radius 3 is 2.54 bits per heavy atom. The fourth-order valence-electron chi connectivity index (χ4n) is 2.83. The molecule has 0 unspecified atom stereocenters. The summed E-state index contributed by atoms with van der Waals surface area (Å²) in [7, 11) is 0. The summed E-state index contributed by atoms with van der Waals surface area (Å²) >= 11 is 3.30. The Labute approximate surface area is 148 Å². The number of rotatable bonds is 3. The molecule has 1 aliphatic rings. The van der Waals surface area contributed by atoms with Crippen LogP contribution >= 0.6 is 15.9 Å². The van der Waals surface area contributed by atoms with Crippen LogP contribution in [0.2, 0.25) is 0 Å². The van der Waals surface area contributed by atoms with Crippen LogP contribution in [0.25, 0.3) is 0 Å². The summed E-state index contributed by atoms with van der Waals surface area (Å²) in [5.74, 6) is 1.30. The molecule has 126 valence electrons. The third kappa shape index (κ3) is 3.38. The molecule has 8 heteroatoms. The second-order valence-electron chi connectivity index (χ2n) is 5.85. The Hall–Kier alpha value is -2.09. The lowest BCUT2D eigenvalue weighted by atomic mass is 9.95. The molecular formula is C16H20BrN7. The third-order valence-corrected chi connectivity index (χ3v) is 4.94. The zero-order valence-corrected chi connectivity index (χ0v) is 15.1. The van der Waals surface area contributed by atoms with E-state index in [0.29, 0.717) is 10.3 Å². The molecule has 3 rings (SSSR count). The highest BCUT2D eigenvalue weighted by molar-refractivity contribution is 9.10. The van der Waals surface area contributed by atoms with Crippen LogP contribution in [0.15, 0.2) is 29.4 Å². The molecule has 7 nitrogen and oxygen atoms in total. The van der Waals surface area contributed by atoms with E-state index in [9.17, 15) is 0 Å². The van der Waals surface area contributed by atoms with E-state index in [1.54, 1.807) is 6.20 Å². The van der Waals surface area contributed by atoms with Gasteiger partial charge in [-0.3, -0.25) is 15.4 Å². The van der Waals surface area contributed by atoms with Gasteiger partial charge in [0.2, 0.25) is 5.95 Å². The van der Waals surface area contributed by atoms with Crippen molar-refractivity contribution in [2.75, 3.05) is 18.0 Å². The molecule has 0 radical (unpaired) electrons. The van der Waals surface area contributed by atoms with Crippen molar-refractivity contribution < 1.29 is 0 Å². The van der Waals surface area contributed by atoms with Gasteiger partial charge in [0.25, 0.3) is 0 Å². The molecule has 0 amide bonds. The van der Waals surface area contributed by atoms with E-state index in [4.69, 9.17) is 10.8 Å². The number of nitrogens with one attached hydrogen (secondary N) is 2. The SMILES string of the molecule is CCc1cnc(N2CCC(C(=N)n3cncc(Br)c3=N)CC2)nc1. The molecule has 0 aliphatic carbocycles. The predicted molar refractivity (Wildman–Crippen MR) is 95.3 cm³/mol. The number of hydrogen-bond acceptors (Lipinski definition) is 6. The van der Waals surface area contributed by atoms with Gasteiger partial charge in [-0.1, -0.05) is 6.92 Å². The van der Waals surface area contributed by atoms with Crippen LogP contribution in [0.5, 0.6) is 0 Å². The van der Waals surface area contributed by atoms with Crippen molar-refractivity contribution in [2.24, 2.45) is 5.92 Å². The molecule has 0 aromatic carbocycles. The summed E-state index contributed by atoms with van der Waals surface area (Å²) in [4.78, 5) is 15.1. The van der Waals surface area contributed by atoms with Gasteiger partial charge in [0, 0.05) is 37.6 Å². The number of aryl methyl sites for hydroxylation is 1. The van der Waals surface area contributed by atoms with Crippen LogP contribution in [0.3, 0.4) is 0 Å². The molecule has 2 N–H and O–H groups in total. The summed E-state index contributed by atoms with van der Waals surface area (Å²) in [5, 5.41) is 16.5. The summed E-state index contributed by atoms with van der Waals surface area (Å²) in [5.41, 5.74) is 1.40. The first kappa shape index (κ1) is 16.8. The van der Waals surface area contributed by atoms with E-state index >= 15 is 0 Å². The minimum atomic E-state index is 0.112. The number of anilines is 1. The lowest BCUT2D eigenvalue weighted by molar-refractivity contribution is 0.484. The van der Waals surface area contributed by atoms with Crippen LogP contribution in [0.4, 0.5) is 5.95 Å². The first-order valence-corrected chi connectivity index (χ1v) is 8.81. The van der Waals surface area contributed by atoms with Gasteiger partial charge in [-0.2, -0.15) is 0 Å². The molecule has 1 fully saturated rings. The molecule has 2 aromatic rings. The number of halogens is 1. The number of nitrogens with zero attached hydrogens (tertiary/aromatic N) is 5. The highest BCUT2D eigenvalue weighted by atomic mass is 79.9. The largest absolute Gasteiger partial charge is 0.341 e. The molecule has 0 saturated carbocycles. The van der Waals surface area contributed by atoms with Gasteiger partial charge >= 0.3 is 0 Å². The normalized spacial score (nSPS) is 15.5. The van der Waals surface area contributed by atoms with Gasteiger partial charge in [-0.25, -0.2) is 15.0 Å². The second kappa shape index (κ2) is 7.21. The lowest BCUT2D eigenvalue weighted by Crippen LogP contribution is -2.41. The van der Waals surface area contributed by atoms with Crippen molar-refractivity contribution in [1.29, 1.82) is 10.8 Å². The van der Waals surface area contributed by atoms with Gasteiger partial charge < -0.3 is 4.90 Å². The fourth-order valence-corrected chi connectivity index (χ4v) is 3.13. The summed E-state index contributed by atoms with van der Waals surface area (Å²) in [6.45, 7) is 3.71. The highest BCUT2D eigenvalue weighted by Crippen LogP contribution is 2.21. The van der Waals surface area contributed by atoms with E-state index < -0.39 is 0 Å². The smallest absolute Gasteiger partial charge is 0.225 e. The number of piperidine rings is 1. The minimum Gasteiger partial charge on any atom is -0.341 e. The molecule has 0 spiro atoms. The Morgan fingerprint density at radius 2 is 1.92 bits per heavy atom. The zero-order valence-electron chi connectivity index (χ0n) is 13.5. The van der Waals surface area contributed by atoms with E-state index in [0.717, 1.165) is 43.9 Å². The fraction of sp³-hybridized carbons (Fsp3) is 0.438. The first-order valence-electron chi connectivity index (χ1n) is 8.01. The van der Waals surface area contributed by atoms with Crippen LogP contribution in [-0.2, 0) is 6.42 Å². The molecule has 2 aromatic heterocycles. The van der Waals surface area contributed by atoms with Gasteiger partial charge in [0.15, 0.2) is 0 Å². The monoisotopic (exact) mass is 389 g/mol. The number of hydrogen-bond donors (Lipinski definition) is 2. The average molecular weight is 390 g/mol. The molecule has 0 atom stereocenters. The van der Waals surface area contributed by atoms with E-state index in [1.165, 1.54) is 10.9 Å². The third-order valence-electron chi connectivity index (χ3n) is 4.36. The van der Waals surface area contributed by atoms with Gasteiger partial charge in [-0.15, -0.1) is 0 Å². The Bertz CT molecular complexity index is 776. The van der Waals surface area contributed by atoms with Crippen molar-refractivity contribution in [3.8, 4) is 0 Å². The lowest BCUT2D eigenvalue weighted by Gasteiger charge is -2.32. The second-order valence-corrected chi connectivity index (χ2v) is 6.71. The minimum absolute atomic E-state index is 0.112. The average Bonchev–Trinajstić information content (AvgIpc) is 2.64. The predicted octanol–water partition coefficient (Wildman–Crippen LogP) is 2.22. The molecule has 1 aliphatic heterocycles. The topological polar surface area (TPSA) is 94.5 Å². The van der Waals surface area contributed by atoms with Crippen molar-refractivity contribution in [2.45, 2.75) is 26.2 Å². The molecule has 1 saturated heterocycles. The first-order chi connectivity index (χ1) is 11.6. The van der Waals surface area contributed by atoms with Gasteiger partial charge in [0.1, 0.15) is 17.7 Å². The van der Waals surface area contributed by atoms with Crippen molar-refractivity contribution in [3.05, 3.63) is 40.4 Å². The van der Waals surface area contributed by atoms with Crippen molar-refractivity contribution >= 4 is 27.7 Å². The van der Waals surface area contributed by atoms with E-state index in [2.05, 4.69) is 42.7 Å². The Balaban J connectivity index is 1.67. The Morgan fingerprint density at radius 1 is 1.25 bits per heavy atom. The summed E-state index contributed by atoms with van der Waals surface area (Å²) in [6, 6.07) is 0. The Kier molecular flexibility index (Phi) is 5.03. The van der Waals surface area contributed by atoms with Gasteiger partial charge in [-0.05, 0) is 40.8 Å². The maximum absolute atomic E-state index is 8.42. The maximum Gasteiger partial charge on any atom is 0.225 e. The molecule has 24 heavy (non-hydrogen) atoms. The standard InChI is InChI=1S/C16H20BrN7/c1-2-11-7-21-16(22-8-11)23-5-3-12(4-6-23)14(18)24-10-20-9-13(17)15(24)19/h7-10,12,18-19H,2-6H2,1H3. The van der Waals surface area contributed by atoms with Crippen molar-refractivity contribution in [3.63, 3.8) is 0 Å². The molecular weight excluding hydrogens is 370 g/mol. The van der Waals surface area contributed by atoms with Crippen LogP contribution in [-0.4, -0.2) is 38.4 Å². The quantitative estimate of drug-likeness (QED) is 0.621. The molecule has 0 bridgehead atoms. The number of aromatic nitrogens is 4. The van der Waals surface area contributed by atoms with Crippen LogP contribution < -0.4 is 10.4 Å². The van der Waals surface area contributed by atoms with Crippen molar-refractivity contribution in [1.82, 2.24) is 19.5 Å². The van der Waals surface area contributed by atoms with Crippen LogP contribution in [0, 0.1) is 16.7 Å². The maximum atomic E-state index is 8.42. The summed E-state index contributed by atoms with van der Waals surface area (Å²) in [6.07, 6.45) is 9.50. The van der Waals surface area contributed by atoms with Gasteiger partial charge in [0.05, 0.1) is 4.47 Å². The zero-order chi connectivity index (χ0) is 17.1. The highest BCUT2D eigenvalue weighted by Gasteiger charge is 2.25. The van der Waals surface area contributed by atoms with Crippen LogP contribution in [0.1, 0.15) is 25.3 Å². The van der Waals surface area contributed by atoms with E-state index in [-0.39, 0.29) is 11.4 Å².